The van der Waals surface area contributed by atoms with Crippen molar-refractivity contribution in [1.29, 1.82) is 0 Å². The molecule has 1 fully saturated rings. The fourth-order valence-electron chi connectivity index (χ4n) is 2.71. The fourth-order valence-corrected chi connectivity index (χ4v) is 2.71. The van der Waals surface area contributed by atoms with Crippen LogP contribution in [0.4, 0.5) is 0 Å². The SMILES string of the molecule is COC(c1noc(C2NCCCC2C)n1)C(C)(C)C. The molecule has 1 aliphatic heterocycles. The normalized spacial score (nSPS) is 26.4. The number of rotatable bonds is 3. The van der Waals surface area contributed by atoms with Crippen LogP contribution in [-0.2, 0) is 4.74 Å². The minimum Gasteiger partial charge on any atom is -0.373 e. The van der Waals surface area contributed by atoms with Gasteiger partial charge in [0.15, 0.2) is 0 Å². The van der Waals surface area contributed by atoms with Gasteiger partial charge < -0.3 is 14.6 Å². The quantitative estimate of drug-likeness (QED) is 0.912. The van der Waals surface area contributed by atoms with Gasteiger partial charge in [-0.2, -0.15) is 4.98 Å². The standard InChI is InChI=1S/C14H25N3O2/c1-9-7-6-8-15-10(9)13-16-12(17-19-13)11(18-5)14(2,3)4/h9-11,15H,6-8H2,1-5H3. The topological polar surface area (TPSA) is 60.2 Å². The van der Waals surface area contributed by atoms with Crippen molar-refractivity contribution in [2.24, 2.45) is 11.3 Å². The molecule has 0 amide bonds. The van der Waals surface area contributed by atoms with Gasteiger partial charge >= 0.3 is 0 Å². The van der Waals surface area contributed by atoms with Gasteiger partial charge in [-0.05, 0) is 30.7 Å². The molecule has 1 N–H and O–H groups in total. The highest BCUT2D eigenvalue weighted by molar-refractivity contribution is 5.01. The molecule has 0 aromatic carbocycles. The number of methoxy groups -OCH3 is 1. The van der Waals surface area contributed by atoms with Crippen LogP contribution < -0.4 is 5.32 Å². The van der Waals surface area contributed by atoms with Crippen LogP contribution in [0, 0.1) is 11.3 Å². The summed E-state index contributed by atoms with van der Waals surface area (Å²) in [5.74, 6) is 1.86. The van der Waals surface area contributed by atoms with E-state index in [2.05, 4.69) is 43.2 Å². The number of nitrogens with one attached hydrogen (secondary N) is 1. The van der Waals surface area contributed by atoms with Crippen LogP contribution in [0.3, 0.4) is 0 Å². The highest BCUT2D eigenvalue weighted by atomic mass is 16.5. The summed E-state index contributed by atoms with van der Waals surface area (Å²) in [4.78, 5) is 4.56. The maximum atomic E-state index is 5.52. The summed E-state index contributed by atoms with van der Waals surface area (Å²) < 4.78 is 11.0. The second-order valence-corrected chi connectivity index (χ2v) is 6.52. The van der Waals surface area contributed by atoms with E-state index >= 15 is 0 Å². The van der Waals surface area contributed by atoms with Gasteiger partial charge in [0.2, 0.25) is 11.7 Å². The van der Waals surface area contributed by atoms with Gasteiger partial charge in [0.25, 0.3) is 0 Å². The molecule has 5 heteroatoms. The summed E-state index contributed by atoms with van der Waals surface area (Å²) >= 11 is 0. The number of hydrogen-bond acceptors (Lipinski definition) is 5. The first-order valence-corrected chi connectivity index (χ1v) is 7.03. The largest absolute Gasteiger partial charge is 0.373 e. The van der Waals surface area contributed by atoms with Gasteiger partial charge in [-0.15, -0.1) is 0 Å². The summed E-state index contributed by atoms with van der Waals surface area (Å²) in [6, 6.07) is 0.174. The molecule has 3 unspecified atom stereocenters. The summed E-state index contributed by atoms with van der Waals surface area (Å²) in [5.41, 5.74) is -0.0541. The van der Waals surface area contributed by atoms with E-state index in [4.69, 9.17) is 9.26 Å². The smallest absolute Gasteiger partial charge is 0.244 e. The monoisotopic (exact) mass is 267 g/mol. The minimum absolute atomic E-state index is 0.0541. The van der Waals surface area contributed by atoms with Crippen LogP contribution in [0.5, 0.6) is 0 Å². The average Bonchev–Trinajstić information content (AvgIpc) is 2.78. The number of piperidine rings is 1. The lowest BCUT2D eigenvalue weighted by atomic mass is 9.88. The van der Waals surface area contributed by atoms with E-state index < -0.39 is 0 Å². The molecule has 5 nitrogen and oxygen atoms in total. The first-order valence-electron chi connectivity index (χ1n) is 7.03. The van der Waals surface area contributed by atoms with Crippen LogP contribution in [0.1, 0.15) is 64.4 Å². The van der Waals surface area contributed by atoms with Crippen LogP contribution in [0.25, 0.3) is 0 Å². The highest BCUT2D eigenvalue weighted by Gasteiger charge is 2.33. The Balaban J connectivity index is 2.18. The maximum absolute atomic E-state index is 5.52. The third kappa shape index (κ3) is 3.15. The summed E-state index contributed by atoms with van der Waals surface area (Å²) in [6.07, 6.45) is 2.26. The minimum atomic E-state index is -0.149. The Morgan fingerprint density at radius 1 is 1.42 bits per heavy atom. The molecule has 2 heterocycles. The molecule has 1 saturated heterocycles. The molecule has 1 aromatic rings. The average molecular weight is 267 g/mol. The molecule has 108 valence electrons. The molecule has 1 aliphatic rings. The Morgan fingerprint density at radius 3 is 2.74 bits per heavy atom. The van der Waals surface area contributed by atoms with Crippen molar-refractivity contribution in [2.45, 2.75) is 52.7 Å². The van der Waals surface area contributed by atoms with E-state index in [1.165, 1.54) is 12.8 Å². The van der Waals surface area contributed by atoms with Crippen LogP contribution in [0.2, 0.25) is 0 Å². The zero-order valence-electron chi connectivity index (χ0n) is 12.6. The molecule has 0 spiro atoms. The van der Waals surface area contributed by atoms with E-state index in [0.29, 0.717) is 17.6 Å². The van der Waals surface area contributed by atoms with Gasteiger partial charge in [0, 0.05) is 7.11 Å². The highest BCUT2D eigenvalue weighted by Crippen LogP contribution is 2.35. The zero-order chi connectivity index (χ0) is 14.0. The second-order valence-electron chi connectivity index (χ2n) is 6.52. The van der Waals surface area contributed by atoms with Crippen LogP contribution in [0.15, 0.2) is 4.52 Å². The van der Waals surface area contributed by atoms with E-state index in [-0.39, 0.29) is 17.6 Å². The molecule has 2 rings (SSSR count). The number of aromatic nitrogens is 2. The first-order chi connectivity index (χ1) is 8.93. The molecule has 0 aliphatic carbocycles. The molecule has 19 heavy (non-hydrogen) atoms. The van der Waals surface area contributed by atoms with E-state index in [9.17, 15) is 0 Å². The van der Waals surface area contributed by atoms with Crippen molar-refractivity contribution < 1.29 is 9.26 Å². The van der Waals surface area contributed by atoms with Crippen molar-refractivity contribution in [3.05, 3.63) is 11.7 Å². The zero-order valence-corrected chi connectivity index (χ0v) is 12.6. The molecule has 1 aromatic heterocycles. The van der Waals surface area contributed by atoms with Gasteiger partial charge in [-0.1, -0.05) is 32.9 Å². The molecule has 3 atom stereocenters. The lowest BCUT2D eigenvalue weighted by Crippen LogP contribution is -2.33. The predicted octanol–water partition coefficient (Wildman–Crippen LogP) is 2.86. The van der Waals surface area contributed by atoms with E-state index in [1.54, 1.807) is 7.11 Å². The predicted molar refractivity (Wildman–Crippen MR) is 72.6 cm³/mol. The van der Waals surface area contributed by atoms with Crippen molar-refractivity contribution in [3.8, 4) is 0 Å². The van der Waals surface area contributed by atoms with Crippen molar-refractivity contribution >= 4 is 0 Å². The lowest BCUT2D eigenvalue weighted by Gasteiger charge is -2.27. The van der Waals surface area contributed by atoms with Crippen LogP contribution >= 0.6 is 0 Å². The number of nitrogens with zero attached hydrogens (tertiary/aromatic N) is 2. The summed E-state index contributed by atoms with van der Waals surface area (Å²) in [5, 5.41) is 7.57. The Hall–Kier alpha value is -0.940. The Morgan fingerprint density at radius 2 is 2.16 bits per heavy atom. The molecule has 0 radical (unpaired) electrons. The van der Waals surface area contributed by atoms with Crippen LogP contribution in [-0.4, -0.2) is 23.8 Å². The Kier molecular flexibility index (Phi) is 4.26. The van der Waals surface area contributed by atoms with Gasteiger partial charge in [0.1, 0.15) is 6.10 Å². The van der Waals surface area contributed by atoms with Crippen molar-refractivity contribution in [1.82, 2.24) is 15.5 Å². The van der Waals surface area contributed by atoms with Crippen molar-refractivity contribution in [2.75, 3.05) is 13.7 Å². The maximum Gasteiger partial charge on any atom is 0.244 e. The molecular weight excluding hydrogens is 242 g/mol. The lowest BCUT2D eigenvalue weighted by molar-refractivity contribution is 0.00718. The van der Waals surface area contributed by atoms with E-state index in [0.717, 1.165) is 6.54 Å². The summed E-state index contributed by atoms with van der Waals surface area (Å²) in [7, 11) is 1.69. The second kappa shape index (κ2) is 5.59. The Bertz CT molecular complexity index is 411. The van der Waals surface area contributed by atoms with Gasteiger partial charge in [0.05, 0.1) is 6.04 Å². The fraction of sp³-hybridized carbons (Fsp3) is 0.857. The van der Waals surface area contributed by atoms with Gasteiger partial charge in [-0.3, -0.25) is 0 Å². The Labute approximate surface area is 115 Å². The van der Waals surface area contributed by atoms with Crippen molar-refractivity contribution in [3.63, 3.8) is 0 Å². The van der Waals surface area contributed by atoms with E-state index in [1.807, 2.05) is 0 Å². The third-order valence-corrected chi connectivity index (χ3v) is 3.75. The molecular formula is C14H25N3O2. The molecule has 0 bridgehead atoms. The number of ether oxygens (including phenoxy) is 1. The number of hydrogen-bond donors (Lipinski definition) is 1. The molecule has 0 saturated carbocycles. The summed E-state index contributed by atoms with van der Waals surface area (Å²) in [6.45, 7) is 9.56. The first kappa shape index (κ1) is 14.5. The third-order valence-electron chi connectivity index (χ3n) is 3.75. The van der Waals surface area contributed by atoms with Gasteiger partial charge in [-0.25, -0.2) is 0 Å².